The smallest absolute Gasteiger partial charge is 0.257 e. The van der Waals surface area contributed by atoms with Gasteiger partial charge >= 0.3 is 0 Å². The van der Waals surface area contributed by atoms with E-state index in [1.807, 2.05) is 30.3 Å². The minimum atomic E-state index is -0.369. The first-order chi connectivity index (χ1) is 12.7. The minimum Gasteiger partial charge on any atom is -0.378 e. The summed E-state index contributed by atoms with van der Waals surface area (Å²) in [5, 5.41) is 3.85. The second-order valence-electron chi connectivity index (χ2n) is 6.10. The van der Waals surface area contributed by atoms with Crippen LogP contribution in [0.1, 0.15) is 10.4 Å². The average molecular weight is 351 g/mol. The molecule has 1 fully saturated rings. The normalized spacial score (nSPS) is 14.4. The summed E-state index contributed by atoms with van der Waals surface area (Å²) < 4.78 is 19.2. The number of fused-ring (bicyclic) bond motifs is 1. The highest BCUT2D eigenvalue weighted by Gasteiger charge is 2.23. The topological polar surface area (TPSA) is 54.5 Å². The molecule has 1 aromatic heterocycles. The maximum absolute atomic E-state index is 13.9. The van der Waals surface area contributed by atoms with Gasteiger partial charge in [-0.3, -0.25) is 9.78 Å². The third-order valence-corrected chi connectivity index (χ3v) is 4.40. The zero-order chi connectivity index (χ0) is 17.9. The van der Waals surface area contributed by atoms with Crippen LogP contribution in [0, 0.1) is 5.82 Å². The summed E-state index contributed by atoms with van der Waals surface area (Å²) in [7, 11) is 0. The summed E-state index contributed by atoms with van der Waals surface area (Å²) in [6.45, 7) is 2.10. The van der Waals surface area contributed by atoms with E-state index in [-0.39, 0.29) is 11.7 Å². The van der Waals surface area contributed by atoms with Crippen LogP contribution in [0.4, 0.5) is 15.8 Å². The molecule has 1 saturated heterocycles. The molecule has 0 unspecified atom stereocenters. The maximum Gasteiger partial charge on any atom is 0.257 e. The molecule has 4 rings (SSSR count). The molecule has 132 valence electrons. The number of aromatic nitrogens is 1. The number of rotatable bonds is 3. The van der Waals surface area contributed by atoms with Gasteiger partial charge in [-0.05, 0) is 30.3 Å². The lowest BCUT2D eigenvalue weighted by atomic mass is 10.1. The number of carbonyl (C=O) groups is 1. The molecular formula is C20H18FN3O2. The van der Waals surface area contributed by atoms with Gasteiger partial charge in [0.15, 0.2) is 0 Å². The third-order valence-electron chi connectivity index (χ3n) is 4.40. The van der Waals surface area contributed by atoms with E-state index in [2.05, 4.69) is 10.3 Å². The predicted molar refractivity (Wildman–Crippen MR) is 98.1 cm³/mol. The summed E-state index contributed by atoms with van der Waals surface area (Å²) in [5.41, 5.74) is 2.44. The number of carbonyl (C=O) groups excluding carboxylic acids is 1. The maximum atomic E-state index is 13.9. The number of ether oxygens (including phenoxy) is 1. The lowest BCUT2D eigenvalue weighted by Gasteiger charge is -2.27. The number of benzene rings is 2. The van der Waals surface area contributed by atoms with Gasteiger partial charge in [0.2, 0.25) is 0 Å². The second kappa shape index (κ2) is 7.09. The molecule has 0 aliphatic carbocycles. The number of amides is 1. The molecule has 1 aliphatic rings. The molecule has 0 bridgehead atoms. The monoisotopic (exact) mass is 351 g/mol. The SMILES string of the molecule is O=C(c1cnc2ccc(F)cc2c1Nc1ccccc1)N1CCOCC1. The molecule has 1 N–H and O–H groups in total. The van der Waals surface area contributed by atoms with Gasteiger partial charge < -0.3 is 15.0 Å². The lowest BCUT2D eigenvalue weighted by molar-refractivity contribution is 0.0303. The van der Waals surface area contributed by atoms with Crippen LogP contribution in [-0.2, 0) is 4.74 Å². The van der Waals surface area contributed by atoms with Crippen LogP contribution in [0.2, 0.25) is 0 Å². The van der Waals surface area contributed by atoms with Crippen molar-refractivity contribution in [1.82, 2.24) is 9.88 Å². The number of hydrogen-bond donors (Lipinski definition) is 1. The highest BCUT2D eigenvalue weighted by molar-refractivity contribution is 6.08. The Morgan fingerprint density at radius 1 is 1.12 bits per heavy atom. The largest absolute Gasteiger partial charge is 0.378 e. The highest BCUT2D eigenvalue weighted by Crippen LogP contribution is 2.30. The minimum absolute atomic E-state index is 0.134. The van der Waals surface area contributed by atoms with Crippen molar-refractivity contribution < 1.29 is 13.9 Å². The van der Waals surface area contributed by atoms with Crippen molar-refractivity contribution in [3.05, 3.63) is 66.1 Å². The Morgan fingerprint density at radius 2 is 1.88 bits per heavy atom. The summed E-state index contributed by atoms with van der Waals surface area (Å²) in [6, 6.07) is 13.9. The van der Waals surface area contributed by atoms with E-state index >= 15 is 0 Å². The van der Waals surface area contributed by atoms with Gasteiger partial charge in [-0.15, -0.1) is 0 Å². The third kappa shape index (κ3) is 3.23. The first-order valence-corrected chi connectivity index (χ1v) is 8.50. The van der Waals surface area contributed by atoms with Gasteiger partial charge in [0.1, 0.15) is 5.82 Å². The van der Waals surface area contributed by atoms with Crippen LogP contribution < -0.4 is 5.32 Å². The second-order valence-corrected chi connectivity index (χ2v) is 6.10. The van der Waals surface area contributed by atoms with Crippen LogP contribution in [0.25, 0.3) is 10.9 Å². The fourth-order valence-electron chi connectivity index (χ4n) is 3.06. The van der Waals surface area contributed by atoms with E-state index in [4.69, 9.17) is 4.74 Å². The number of hydrogen-bond acceptors (Lipinski definition) is 4. The molecule has 2 heterocycles. The van der Waals surface area contributed by atoms with Crippen molar-refractivity contribution in [3.63, 3.8) is 0 Å². The van der Waals surface area contributed by atoms with Gasteiger partial charge in [0, 0.05) is 30.4 Å². The lowest BCUT2D eigenvalue weighted by Crippen LogP contribution is -2.41. The Labute approximate surface area is 150 Å². The van der Waals surface area contributed by atoms with E-state index in [1.165, 1.54) is 12.1 Å². The number of anilines is 2. The van der Waals surface area contributed by atoms with Crippen molar-refractivity contribution >= 4 is 28.2 Å². The van der Waals surface area contributed by atoms with Gasteiger partial charge in [0.25, 0.3) is 5.91 Å². The molecule has 1 amide bonds. The van der Waals surface area contributed by atoms with Gasteiger partial charge in [-0.2, -0.15) is 0 Å². The highest BCUT2D eigenvalue weighted by atomic mass is 19.1. The molecule has 1 aliphatic heterocycles. The first-order valence-electron chi connectivity index (χ1n) is 8.50. The Bertz CT molecular complexity index is 940. The molecule has 0 atom stereocenters. The average Bonchev–Trinajstić information content (AvgIpc) is 2.69. The fraction of sp³-hybridized carbons (Fsp3) is 0.200. The van der Waals surface area contributed by atoms with E-state index in [9.17, 15) is 9.18 Å². The van der Waals surface area contributed by atoms with Gasteiger partial charge in [-0.1, -0.05) is 18.2 Å². The first kappa shape index (κ1) is 16.5. The predicted octanol–water partition coefficient (Wildman–Crippen LogP) is 3.59. The van der Waals surface area contributed by atoms with Crippen molar-refractivity contribution in [3.8, 4) is 0 Å². The summed E-state index contributed by atoms with van der Waals surface area (Å²) in [5.74, 6) is -0.503. The quantitative estimate of drug-likeness (QED) is 0.783. The van der Waals surface area contributed by atoms with Crippen LogP contribution >= 0.6 is 0 Å². The number of nitrogens with one attached hydrogen (secondary N) is 1. The van der Waals surface area contributed by atoms with Crippen molar-refractivity contribution in [2.45, 2.75) is 0 Å². The molecule has 3 aromatic rings. The molecule has 2 aromatic carbocycles. The molecule has 0 saturated carbocycles. The Hall–Kier alpha value is -2.99. The zero-order valence-electron chi connectivity index (χ0n) is 14.1. The Morgan fingerprint density at radius 3 is 2.65 bits per heavy atom. The number of pyridine rings is 1. The molecule has 0 spiro atoms. The van der Waals surface area contributed by atoms with Crippen molar-refractivity contribution in [2.75, 3.05) is 31.6 Å². The number of nitrogens with zero attached hydrogens (tertiary/aromatic N) is 2. The van der Waals surface area contributed by atoms with E-state index in [1.54, 1.807) is 17.2 Å². The van der Waals surface area contributed by atoms with E-state index in [0.717, 1.165) is 5.69 Å². The number of morpholine rings is 1. The molecular weight excluding hydrogens is 333 g/mol. The van der Waals surface area contributed by atoms with Crippen LogP contribution in [0.15, 0.2) is 54.7 Å². The number of para-hydroxylation sites is 1. The van der Waals surface area contributed by atoms with Crippen LogP contribution in [0.3, 0.4) is 0 Å². The Kier molecular flexibility index (Phi) is 4.50. The standard InChI is InChI=1S/C20H18FN3O2/c21-14-6-7-18-16(12-14)19(23-15-4-2-1-3-5-15)17(13-22-18)20(25)24-8-10-26-11-9-24/h1-7,12-13H,8-11H2,(H,22,23). The summed E-state index contributed by atoms with van der Waals surface area (Å²) >= 11 is 0. The van der Waals surface area contributed by atoms with E-state index in [0.29, 0.717) is 48.5 Å². The van der Waals surface area contributed by atoms with Gasteiger partial charge in [0.05, 0.1) is 30.0 Å². The summed E-state index contributed by atoms with van der Waals surface area (Å²) in [6.07, 6.45) is 1.56. The molecule has 26 heavy (non-hydrogen) atoms. The zero-order valence-corrected chi connectivity index (χ0v) is 14.1. The van der Waals surface area contributed by atoms with E-state index < -0.39 is 0 Å². The Balaban J connectivity index is 1.83. The van der Waals surface area contributed by atoms with Crippen LogP contribution in [0.5, 0.6) is 0 Å². The summed E-state index contributed by atoms with van der Waals surface area (Å²) in [4.78, 5) is 19.1. The van der Waals surface area contributed by atoms with Crippen molar-refractivity contribution in [2.24, 2.45) is 0 Å². The molecule has 5 nitrogen and oxygen atoms in total. The number of halogens is 1. The molecule has 6 heteroatoms. The van der Waals surface area contributed by atoms with Crippen molar-refractivity contribution in [1.29, 1.82) is 0 Å². The van der Waals surface area contributed by atoms with Crippen LogP contribution in [-0.4, -0.2) is 42.1 Å². The van der Waals surface area contributed by atoms with Gasteiger partial charge in [-0.25, -0.2) is 4.39 Å². The molecule has 0 radical (unpaired) electrons. The fourth-order valence-corrected chi connectivity index (χ4v) is 3.06.